The van der Waals surface area contributed by atoms with Crippen LogP contribution >= 0.6 is 11.6 Å². The Balaban J connectivity index is 2.11. The van der Waals surface area contributed by atoms with Crippen LogP contribution in [-0.2, 0) is 7.05 Å². The maximum atomic E-state index is 10.3. The van der Waals surface area contributed by atoms with Crippen LogP contribution in [0.15, 0.2) is 47.5 Å². The van der Waals surface area contributed by atoms with Crippen LogP contribution in [0, 0.1) is 0 Å². The molecule has 1 aromatic heterocycles. The molecule has 0 saturated heterocycles. The lowest BCUT2D eigenvalue weighted by atomic mass is 10.2. The molecule has 0 aliphatic carbocycles. The minimum absolute atomic E-state index is 0.172. The molecule has 0 spiro atoms. The van der Waals surface area contributed by atoms with Crippen molar-refractivity contribution in [2.45, 2.75) is 0 Å². The van der Waals surface area contributed by atoms with E-state index in [1.807, 2.05) is 31.3 Å². The summed E-state index contributed by atoms with van der Waals surface area (Å²) in [5, 5.41) is 11.8. The lowest BCUT2D eigenvalue weighted by Crippen LogP contribution is -1.86. The van der Waals surface area contributed by atoms with Crippen molar-refractivity contribution < 1.29 is 9.84 Å². The summed E-state index contributed by atoms with van der Waals surface area (Å²) in [5.41, 5.74) is 2.22. The van der Waals surface area contributed by atoms with E-state index in [4.69, 9.17) is 16.3 Å². The first kappa shape index (κ1) is 14.5. The Morgan fingerprint density at radius 2 is 2.00 bits per heavy atom. The summed E-state index contributed by atoms with van der Waals surface area (Å²) in [6.45, 7) is 0. The van der Waals surface area contributed by atoms with E-state index >= 15 is 0 Å². The number of aromatic hydroxyl groups is 1. The first-order chi connectivity index (χ1) is 10.6. The molecule has 0 radical (unpaired) electrons. The minimum Gasteiger partial charge on any atom is -0.494 e. The molecular formula is C17H15ClN2O2. The van der Waals surface area contributed by atoms with Crippen LogP contribution < -0.4 is 4.74 Å². The van der Waals surface area contributed by atoms with Crippen LogP contribution in [0.3, 0.4) is 0 Å². The Morgan fingerprint density at radius 3 is 2.77 bits per heavy atom. The zero-order valence-electron chi connectivity index (χ0n) is 12.2. The topological polar surface area (TPSA) is 46.8 Å². The van der Waals surface area contributed by atoms with Gasteiger partial charge in [-0.15, -0.1) is 0 Å². The molecular weight excluding hydrogens is 300 g/mol. The number of rotatable bonds is 3. The van der Waals surface area contributed by atoms with Gasteiger partial charge in [0.2, 0.25) is 5.88 Å². The standard InChI is InChI=1S/C17H15ClN2O2/c1-20-15-6-4-3-5-12(15)13(17(20)21)10-19-14-9-11(18)7-8-16(14)22-2/h3-10,21H,1-2H3. The molecule has 1 heterocycles. The van der Waals surface area contributed by atoms with Gasteiger partial charge < -0.3 is 14.4 Å². The quantitative estimate of drug-likeness (QED) is 0.733. The third-order valence-electron chi connectivity index (χ3n) is 3.59. The largest absolute Gasteiger partial charge is 0.494 e. The highest BCUT2D eigenvalue weighted by Crippen LogP contribution is 2.32. The van der Waals surface area contributed by atoms with Gasteiger partial charge in [0, 0.05) is 23.7 Å². The number of aryl methyl sites for hydroxylation is 1. The number of fused-ring (bicyclic) bond motifs is 1. The molecule has 3 rings (SSSR count). The lowest BCUT2D eigenvalue weighted by molar-refractivity contribution is 0.416. The van der Waals surface area contributed by atoms with E-state index < -0.39 is 0 Å². The summed E-state index contributed by atoms with van der Waals surface area (Å²) in [5.74, 6) is 0.798. The van der Waals surface area contributed by atoms with Crippen LogP contribution in [0.5, 0.6) is 11.6 Å². The third-order valence-corrected chi connectivity index (χ3v) is 3.82. The number of nitrogens with zero attached hydrogens (tertiary/aromatic N) is 2. The lowest BCUT2D eigenvalue weighted by Gasteiger charge is -2.04. The van der Waals surface area contributed by atoms with Crippen molar-refractivity contribution in [1.82, 2.24) is 4.57 Å². The van der Waals surface area contributed by atoms with Crippen LogP contribution in [0.1, 0.15) is 5.56 Å². The van der Waals surface area contributed by atoms with Gasteiger partial charge in [-0.3, -0.25) is 4.99 Å². The van der Waals surface area contributed by atoms with Crippen molar-refractivity contribution in [2.75, 3.05) is 7.11 Å². The average molecular weight is 315 g/mol. The van der Waals surface area contributed by atoms with E-state index in [2.05, 4.69) is 4.99 Å². The maximum Gasteiger partial charge on any atom is 0.200 e. The van der Waals surface area contributed by atoms with Crippen LogP contribution in [0.4, 0.5) is 5.69 Å². The number of hydrogen-bond acceptors (Lipinski definition) is 3. The van der Waals surface area contributed by atoms with Gasteiger partial charge in [0.1, 0.15) is 11.4 Å². The highest BCUT2D eigenvalue weighted by atomic mass is 35.5. The molecule has 112 valence electrons. The van der Waals surface area contributed by atoms with Crippen LogP contribution in [-0.4, -0.2) is 23.0 Å². The molecule has 0 unspecified atom stereocenters. The molecule has 5 heteroatoms. The van der Waals surface area contributed by atoms with Crippen LogP contribution in [0.2, 0.25) is 5.02 Å². The summed E-state index contributed by atoms with van der Waals surface area (Å²) in [4.78, 5) is 4.42. The number of ether oxygens (including phenoxy) is 1. The molecule has 22 heavy (non-hydrogen) atoms. The number of methoxy groups -OCH3 is 1. The van der Waals surface area contributed by atoms with Crippen LogP contribution in [0.25, 0.3) is 10.9 Å². The van der Waals surface area contributed by atoms with E-state index in [1.165, 1.54) is 0 Å². The van der Waals surface area contributed by atoms with Crippen molar-refractivity contribution in [3.8, 4) is 11.6 Å². The SMILES string of the molecule is COc1ccc(Cl)cc1N=Cc1c(O)n(C)c2ccccc12. The zero-order valence-corrected chi connectivity index (χ0v) is 13.0. The molecule has 2 aromatic carbocycles. The number of halogens is 1. The van der Waals surface area contributed by atoms with Gasteiger partial charge in [0.05, 0.1) is 18.2 Å². The number of hydrogen-bond donors (Lipinski definition) is 1. The molecule has 0 fully saturated rings. The fourth-order valence-corrected chi connectivity index (χ4v) is 2.60. The van der Waals surface area contributed by atoms with Gasteiger partial charge in [-0.25, -0.2) is 0 Å². The molecule has 0 amide bonds. The fraction of sp³-hybridized carbons (Fsp3) is 0.118. The average Bonchev–Trinajstić information content (AvgIpc) is 2.77. The predicted octanol–water partition coefficient (Wildman–Crippen LogP) is 4.30. The van der Waals surface area contributed by atoms with E-state index in [9.17, 15) is 5.11 Å². The smallest absolute Gasteiger partial charge is 0.200 e. The normalized spacial score (nSPS) is 11.4. The number of para-hydroxylation sites is 1. The summed E-state index contributed by atoms with van der Waals surface area (Å²) in [7, 11) is 3.40. The fourth-order valence-electron chi connectivity index (χ4n) is 2.43. The first-order valence-corrected chi connectivity index (χ1v) is 7.13. The molecule has 0 saturated carbocycles. The van der Waals surface area contributed by atoms with Crippen molar-refractivity contribution in [2.24, 2.45) is 12.0 Å². The Hall–Kier alpha value is -2.46. The Kier molecular flexibility index (Phi) is 3.77. The van der Waals surface area contributed by atoms with Crippen molar-refractivity contribution >= 4 is 34.4 Å². The van der Waals surface area contributed by atoms with E-state index in [0.29, 0.717) is 22.0 Å². The Morgan fingerprint density at radius 1 is 1.23 bits per heavy atom. The summed E-state index contributed by atoms with van der Waals surface area (Å²) in [6, 6.07) is 13.0. The highest BCUT2D eigenvalue weighted by Gasteiger charge is 2.12. The second-order valence-corrected chi connectivity index (χ2v) is 5.32. The second kappa shape index (κ2) is 5.73. The molecule has 4 nitrogen and oxygen atoms in total. The van der Waals surface area contributed by atoms with Gasteiger partial charge >= 0.3 is 0 Å². The van der Waals surface area contributed by atoms with Crippen molar-refractivity contribution in [3.63, 3.8) is 0 Å². The summed E-state index contributed by atoms with van der Waals surface area (Å²) >= 11 is 6.00. The van der Waals surface area contributed by atoms with Gasteiger partial charge in [-0.2, -0.15) is 0 Å². The van der Waals surface area contributed by atoms with E-state index in [-0.39, 0.29) is 5.88 Å². The third kappa shape index (κ3) is 2.42. The number of aromatic nitrogens is 1. The summed E-state index contributed by atoms with van der Waals surface area (Å²) in [6.07, 6.45) is 1.63. The summed E-state index contributed by atoms with van der Waals surface area (Å²) < 4.78 is 7.00. The minimum atomic E-state index is 0.172. The molecule has 0 aliphatic heterocycles. The van der Waals surface area contributed by atoms with Gasteiger partial charge in [-0.05, 0) is 24.3 Å². The molecule has 0 atom stereocenters. The Labute approximate surface area is 133 Å². The predicted molar refractivity (Wildman–Crippen MR) is 89.8 cm³/mol. The van der Waals surface area contributed by atoms with Crippen molar-refractivity contribution in [3.05, 3.63) is 53.1 Å². The van der Waals surface area contributed by atoms with Gasteiger partial charge in [0.15, 0.2) is 0 Å². The van der Waals surface area contributed by atoms with Gasteiger partial charge in [0.25, 0.3) is 0 Å². The van der Waals surface area contributed by atoms with Gasteiger partial charge in [-0.1, -0.05) is 29.8 Å². The van der Waals surface area contributed by atoms with E-state index in [1.54, 1.807) is 36.1 Å². The molecule has 0 bridgehead atoms. The second-order valence-electron chi connectivity index (χ2n) is 4.89. The zero-order chi connectivity index (χ0) is 15.7. The molecule has 1 N–H and O–H groups in total. The monoisotopic (exact) mass is 314 g/mol. The molecule has 0 aliphatic rings. The first-order valence-electron chi connectivity index (χ1n) is 6.76. The van der Waals surface area contributed by atoms with Crippen molar-refractivity contribution in [1.29, 1.82) is 0 Å². The number of aliphatic imine (C=N–C) groups is 1. The molecule has 3 aromatic rings. The highest BCUT2D eigenvalue weighted by molar-refractivity contribution is 6.30. The maximum absolute atomic E-state index is 10.3. The Bertz CT molecular complexity index is 868. The van der Waals surface area contributed by atoms with E-state index in [0.717, 1.165) is 10.9 Å². The number of benzene rings is 2.